The lowest BCUT2D eigenvalue weighted by Crippen LogP contribution is -2.36. The quantitative estimate of drug-likeness (QED) is 0.0277. The van der Waals surface area contributed by atoms with Crippen LogP contribution >= 0.6 is 23.2 Å². The lowest BCUT2D eigenvalue weighted by molar-refractivity contribution is -0.117. The van der Waals surface area contributed by atoms with Gasteiger partial charge in [0.25, 0.3) is 27.8 Å². The first-order valence-electron chi connectivity index (χ1n) is 40.8. The summed E-state index contributed by atoms with van der Waals surface area (Å²) in [6.45, 7) is 26.4. The van der Waals surface area contributed by atoms with Crippen molar-refractivity contribution < 1.29 is 57.8 Å². The summed E-state index contributed by atoms with van der Waals surface area (Å²) >= 11 is 13.1. The van der Waals surface area contributed by atoms with Crippen LogP contribution in [-0.2, 0) is 48.9 Å². The Kier molecular flexibility index (Phi) is 33.0. The fraction of sp³-hybridized carbons (Fsp3) is 0.320. The number of aliphatic hydroxyl groups is 2. The van der Waals surface area contributed by atoms with E-state index in [1.54, 1.807) is 126 Å². The summed E-state index contributed by atoms with van der Waals surface area (Å²) < 4.78 is 41.0. The van der Waals surface area contributed by atoms with Crippen molar-refractivity contribution in [1.82, 2.24) is 38.5 Å². The number of hydrogen-bond donors (Lipinski definition) is 5. The van der Waals surface area contributed by atoms with Crippen LogP contribution in [0.5, 0.6) is 34.5 Å². The highest BCUT2D eigenvalue weighted by molar-refractivity contribution is 6.39. The Morgan fingerprint density at radius 3 is 1.15 bits per heavy atom. The summed E-state index contributed by atoms with van der Waals surface area (Å²) in [4.78, 5) is 128. The maximum atomic E-state index is 13.1. The smallest absolute Gasteiger partial charge is 0.251 e. The molecule has 5 N–H and O–H groups in total. The summed E-state index contributed by atoms with van der Waals surface area (Å²) in [5, 5.41) is 27.2. The van der Waals surface area contributed by atoms with Gasteiger partial charge in [-0.1, -0.05) is 80.4 Å². The number of methoxy groups -OCH3 is 6. The van der Waals surface area contributed by atoms with Crippen molar-refractivity contribution in [3.8, 4) is 34.5 Å². The summed E-state index contributed by atoms with van der Waals surface area (Å²) in [6, 6.07) is 37.9. The Labute approximate surface area is 733 Å². The number of nitrogens with zero attached hydrogens (tertiary/aromatic N) is 5. The van der Waals surface area contributed by atoms with Gasteiger partial charge < -0.3 is 77.1 Å². The molecule has 125 heavy (non-hydrogen) atoms. The van der Waals surface area contributed by atoms with Gasteiger partial charge in [0, 0.05) is 120 Å². The van der Waals surface area contributed by atoms with Gasteiger partial charge in [0.1, 0.15) is 28.6 Å². The normalized spacial score (nSPS) is 11.6. The van der Waals surface area contributed by atoms with Crippen LogP contribution in [0.15, 0.2) is 168 Å². The second-order valence-corrected chi connectivity index (χ2v) is 31.2. The number of hydrogen-bond acceptors (Lipinski definition) is 18. The molecule has 13 rings (SSSR count). The van der Waals surface area contributed by atoms with E-state index in [2.05, 4.69) is 27.8 Å². The van der Waals surface area contributed by atoms with E-state index in [1.165, 1.54) is 31.4 Å². The highest BCUT2D eigenvalue weighted by Gasteiger charge is 2.36. The van der Waals surface area contributed by atoms with E-state index >= 15 is 0 Å². The third-order valence-corrected chi connectivity index (χ3v) is 21.8. The molecule has 2 amide bonds. The first-order valence-corrected chi connectivity index (χ1v) is 41.6. The van der Waals surface area contributed by atoms with Crippen molar-refractivity contribution in [2.24, 2.45) is 0 Å². The Morgan fingerprint density at radius 1 is 0.432 bits per heavy atom. The first kappa shape index (κ1) is 95.9. The zero-order valence-corrected chi connectivity index (χ0v) is 75.6. The van der Waals surface area contributed by atoms with Gasteiger partial charge in [-0.2, -0.15) is 0 Å². The van der Waals surface area contributed by atoms with Crippen LogP contribution in [0.3, 0.4) is 0 Å². The van der Waals surface area contributed by atoms with Gasteiger partial charge in [-0.15, -0.1) is 0 Å². The standard InChI is InChI=1S/C26H30Cl2N2O4.2C26H28N2O4.C16H14N2O5.C3H8O/c1-6-11-29-22(31)12-16(2)20-14-21(25(28)26(34-5)24(20)27)17(3)13-23(32)30-15-18-7-9-19(33-4)10-8-18;2*1-6-11-27-22(29)12-16(2)20-14-21-17(3)13-23(30)28(25(21)26(32-5)24(20)27)15-18-7-9-19(31-4)10-8-18;1-7-5-9(20)17-13-11(7)15(22)12-8(2)6-10(21)18(3-4-19)14(12)16(13)23;1-3(2)4/h7-10,12-14H,6,11,15H2,1-5H3,(H,29,31)(H,30,32);2*7-10,12-14H,6,11,15H2,1-5H3;5-6,19H,3-4H2,1-2H3,(H,17,20);3-4H,1-2H3/b16-12-,17-13-;;;;. The van der Waals surface area contributed by atoms with Crippen molar-refractivity contribution in [3.05, 3.63) is 295 Å². The van der Waals surface area contributed by atoms with E-state index in [4.69, 9.17) is 61.8 Å². The predicted octanol–water partition coefficient (Wildman–Crippen LogP) is 14.8. The number of carbonyl (C=O) groups excluding carboxylic acids is 4. The zero-order chi connectivity index (χ0) is 91.7. The van der Waals surface area contributed by atoms with E-state index in [1.807, 2.05) is 121 Å². The number of halogens is 2. The predicted molar refractivity (Wildman–Crippen MR) is 494 cm³/mol. The van der Waals surface area contributed by atoms with Crippen LogP contribution in [0.1, 0.15) is 161 Å². The largest absolute Gasteiger partial charge is 0.497 e. The number of aromatic amines is 1. The van der Waals surface area contributed by atoms with E-state index in [0.717, 1.165) is 113 Å². The molecule has 658 valence electrons. The molecule has 6 aromatic carbocycles. The van der Waals surface area contributed by atoms with Crippen molar-refractivity contribution >= 4 is 101 Å². The van der Waals surface area contributed by atoms with E-state index in [0.29, 0.717) is 100 Å². The number of aliphatic hydroxyl groups excluding tert-OH is 2. The van der Waals surface area contributed by atoms with Crippen LogP contribution in [0.4, 0.5) is 0 Å². The highest BCUT2D eigenvalue weighted by atomic mass is 35.5. The summed E-state index contributed by atoms with van der Waals surface area (Å²) in [6.07, 6.45) is 5.24. The van der Waals surface area contributed by atoms with Gasteiger partial charge in [-0.3, -0.25) is 47.9 Å². The van der Waals surface area contributed by atoms with Crippen LogP contribution in [0.2, 0.25) is 10.0 Å². The summed E-state index contributed by atoms with van der Waals surface area (Å²) in [5.41, 5.74) is 11.3. The van der Waals surface area contributed by atoms with Gasteiger partial charge in [-0.25, -0.2) is 0 Å². The first-order chi connectivity index (χ1) is 59.6. The lowest BCUT2D eigenvalue weighted by atomic mass is 9.85. The van der Waals surface area contributed by atoms with Gasteiger partial charge in [0.15, 0.2) is 23.0 Å². The Morgan fingerprint density at radius 2 is 0.784 bits per heavy atom. The van der Waals surface area contributed by atoms with Crippen LogP contribution in [0, 0.1) is 41.5 Å². The SMILES string of the molecule is CC(C)O.CCCNC(=O)/C=C(/C)c1cc(/C(C)=C\C(=O)NCc2ccc(OC)cc2)c(Cl)c(OC)c1Cl.CCCn1c(=O)cc(C)c2cc3c(C)cc(=O)n(Cc4ccc(OC)cc4)c3c(OC)c21.CCCn1c(=O)cc(C)c2cc3c(C)cc(=O)n(Cc4ccc(OC)cc4)c3c(OC)c21.Cc1cc(=O)[nH]c2c1C(=O)c1c(C)cc(=O)n(CCO)c1C2=O. The monoisotopic (exact) mass is 1740 g/mol. The molecule has 0 radical (unpaired) electrons. The number of ketones is 2. The summed E-state index contributed by atoms with van der Waals surface area (Å²) in [7, 11) is 9.52. The maximum Gasteiger partial charge on any atom is 0.251 e. The van der Waals surface area contributed by atoms with E-state index in [-0.39, 0.29) is 86.6 Å². The highest BCUT2D eigenvalue weighted by Crippen LogP contribution is 2.44. The molecule has 1 aliphatic rings. The maximum absolute atomic E-state index is 13.1. The molecule has 12 aromatic rings. The zero-order valence-electron chi connectivity index (χ0n) is 74.1. The number of benzene rings is 6. The molecular weight excluding hydrogens is 1640 g/mol. The Bertz CT molecular complexity index is 6330. The molecule has 26 nitrogen and oxygen atoms in total. The molecule has 0 fully saturated rings. The average molecular weight is 1740 g/mol. The second-order valence-electron chi connectivity index (χ2n) is 30.5. The number of aryl methyl sites for hydroxylation is 8. The van der Waals surface area contributed by atoms with Crippen molar-refractivity contribution in [2.45, 2.75) is 155 Å². The fourth-order valence-corrected chi connectivity index (χ4v) is 15.8. The molecule has 28 heteroatoms. The van der Waals surface area contributed by atoms with E-state index in [9.17, 15) is 47.9 Å². The molecule has 1 aliphatic carbocycles. The third-order valence-electron chi connectivity index (χ3n) is 21.0. The number of aromatic nitrogens is 6. The van der Waals surface area contributed by atoms with Crippen molar-refractivity contribution in [2.75, 3.05) is 55.8 Å². The Balaban J connectivity index is 0.000000187. The van der Waals surface area contributed by atoms with Crippen LogP contribution in [0.25, 0.3) is 54.8 Å². The minimum atomic E-state index is -0.593. The molecule has 0 aliphatic heterocycles. The molecule has 6 aromatic heterocycles. The van der Waals surface area contributed by atoms with Crippen molar-refractivity contribution in [3.63, 3.8) is 0 Å². The Hall–Kier alpha value is -12.9. The minimum Gasteiger partial charge on any atom is -0.497 e. The topological polar surface area (TPSA) is 331 Å². The third kappa shape index (κ3) is 21.7. The molecule has 0 spiro atoms. The molecule has 0 bridgehead atoms. The number of rotatable bonds is 24. The molecule has 6 heterocycles. The number of allylic oxidation sites excluding steroid dienone is 2. The van der Waals surface area contributed by atoms with Gasteiger partial charge in [0.05, 0.1) is 106 Å². The van der Waals surface area contributed by atoms with Gasteiger partial charge in [0.2, 0.25) is 23.2 Å². The molecular formula is C97H108Cl2N8O18. The average Bonchev–Trinajstić information content (AvgIpc) is 0.739. The minimum absolute atomic E-state index is 0.0637. The molecule has 0 saturated carbocycles. The molecule has 0 unspecified atom stereocenters. The molecule has 0 saturated heterocycles. The number of fused-ring (bicyclic) bond motifs is 6. The van der Waals surface area contributed by atoms with Crippen LogP contribution in [-0.4, -0.2) is 123 Å². The van der Waals surface area contributed by atoms with Gasteiger partial charge in [-0.05, 0) is 204 Å². The second kappa shape index (κ2) is 43.0. The fourth-order valence-electron chi connectivity index (χ4n) is 15.0. The van der Waals surface area contributed by atoms with Crippen LogP contribution < -0.4 is 72.4 Å². The number of carbonyl (C=O) groups is 4. The van der Waals surface area contributed by atoms with Gasteiger partial charge >= 0.3 is 0 Å². The lowest BCUT2D eigenvalue weighted by Gasteiger charge is -2.23. The van der Waals surface area contributed by atoms with Crippen molar-refractivity contribution in [1.29, 1.82) is 0 Å². The number of pyridine rings is 6. The van der Waals surface area contributed by atoms with E-state index < -0.39 is 22.7 Å². The summed E-state index contributed by atoms with van der Waals surface area (Å²) in [5.74, 6) is 2.18. The number of nitrogens with one attached hydrogen (secondary N) is 3. The number of ether oxygens (including phenoxy) is 6. The number of H-pyrrole nitrogens is 1. The number of amides is 2. The molecule has 0 atom stereocenters.